The Hall–Kier alpha value is -1.78. The van der Waals surface area contributed by atoms with Gasteiger partial charge >= 0.3 is 0 Å². The minimum absolute atomic E-state index is 0.0255. The van der Waals surface area contributed by atoms with Crippen molar-refractivity contribution < 1.29 is 4.79 Å². The van der Waals surface area contributed by atoms with Gasteiger partial charge < -0.3 is 16.0 Å². The molecule has 1 fully saturated rings. The van der Waals surface area contributed by atoms with Crippen LogP contribution in [-0.2, 0) is 4.79 Å². The maximum Gasteiger partial charge on any atom is 0.217 e. The summed E-state index contributed by atoms with van der Waals surface area (Å²) in [5.41, 5.74) is 7.37. The first kappa shape index (κ1) is 10.7. The Kier molecular flexibility index (Phi) is 2.94. The zero-order valence-electron chi connectivity index (χ0n) is 9.31. The fraction of sp³-hybridized carbons (Fsp3) is 0.455. The van der Waals surface area contributed by atoms with E-state index in [-0.39, 0.29) is 11.9 Å². The molecule has 0 spiro atoms. The van der Waals surface area contributed by atoms with E-state index in [2.05, 4.69) is 15.2 Å². The fourth-order valence-electron chi connectivity index (χ4n) is 2.02. The molecule has 1 unspecified atom stereocenters. The van der Waals surface area contributed by atoms with Crippen LogP contribution in [-0.4, -0.2) is 30.0 Å². The van der Waals surface area contributed by atoms with Crippen molar-refractivity contribution in [1.82, 2.24) is 10.3 Å². The summed E-state index contributed by atoms with van der Waals surface area (Å²) >= 11 is 0. The first-order chi connectivity index (χ1) is 7.65. The van der Waals surface area contributed by atoms with Gasteiger partial charge in [-0.15, -0.1) is 0 Å². The molecule has 5 nitrogen and oxygen atoms in total. The fourth-order valence-corrected chi connectivity index (χ4v) is 2.02. The highest BCUT2D eigenvalue weighted by Gasteiger charge is 2.23. The summed E-state index contributed by atoms with van der Waals surface area (Å²) in [4.78, 5) is 17.2. The molecule has 0 aromatic carbocycles. The van der Waals surface area contributed by atoms with Crippen LogP contribution in [0.3, 0.4) is 0 Å². The Morgan fingerprint density at radius 3 is 3.12 bits per heavy atom. The van der Waals surface area contributed by atoms with Crippen molar-refractivity contribution in [3.05, 3.63) is 18.5 Å². The van der Waals surface area contributed by atoms with E-state index in [0.717, 1.165) is 25.2 Å². The van der Waals surface area contributed by atoms with Crippen molar-refractivity contribution >= 4 is 17.3 Å². The second kappa shape index (κ2) is 4.38. The molecular formula is C11H16N4O. The van der Waals surface area contributed by atoms with Crippen LogP contribution in [0.2, 0.25) is 0 Å². The van der Waals surface area contributed by atoms with Crippen LogP contribution in [0.5, 0.6) is 0 Å². The SMILES string of the molecule is CC(=O)NC1CCN(c2cncc(N)c2)C1. The van der Waals surface area contributed by atoms with Gasteiger partial charge in [-0.2, -0.15) is 0 Å². The van der Waals surface area contributed by atoms with E-state index in [9.17, 15) is 4.79 Å². The summed E-state index contributed by atoms with van der Waals surface area (Å²) in [5.74, 6) is 0.0255. The number of nitrogens with two attached hydrogens (primary N) is 1. The molecule has 16 heavy (non-hydrogen) atoms. The second-order valence-corrected chi connectivity index (χ2v) is 4.11. The number of nitrogen functional groups attached to an aromatic ring is 1. The van der Waals surface area contributed by atoms with Gasteiger partial charge in [0.2, 0.25) is 5.91 Å². The minimum atomic E-state index is 0.0255. The van der Waals surface area contributed by atoms with Crippen LogP contribution in [0.25, 0.3) is 0 Å². The second-order valence-electron chi connectivity index (χ2n) is 4.11. The van der Waals surface area contributed by atoms with E-state index in [0.29, 0.717) is 5.69 Å². The molecule has 1 atom stereocenters. The number of nitrogens with zero attached hydrogens (tertiary/aromatic N) is 2. The lowest BCUT2D eigenvalue weighted by Gasteiger charge is -2.18. The van der Waals surface area contributed by atoms with Crippen LogP contribution >= 0.6 is 0 Å². The monoisotopic (exact) mass is 220 g/mol. The molecule has 1 aromatic heterocycles. The number of amides is 1. The highest BCUT2D eigenvalue weighted by molar-refractivity contribution is 5.73. The predicted molar refractivity (Wildman–Crippen MR) is 63.1 cm³/mol. The van der Waals surface area contributed by atoms with Gasteiger partial charge in [-0.05, 0) is 12.5 Å². The van der Waals surface area contributed by atoms with Gasteiger partial charge in [-0.1, -0.05) is 0 Å². The van der Waals surface area contributed by atoms with E-state index < -0.39 is 0 Å². The molecule has 0 aliphatic carbocycles. The topological polar surface area (TPSA) is 71.2 Å². The standard InChI is InChI=1S/C11H16N4O/c1-8(16)14-10-2-3-15(7-10)11-4-9(12)5-13-6-11/h4-6,10H,2-3,7,12H2,1H3,(H,14,16). The number of pyridine rings is 1. The normalized spacial score (nSPS) is 19.8. The molecule has 0 saturated carbocycles. The summed E-state index contributed by atoms with van der Waals surface area (Å²) in [6.45, 7) is 3.30. The average molecular weight is 220 g/mol. The molecule has 2 heterocycles. The molecule has 2 rings (SSSR count). The van der Waals surface area contributed by atoms with Crippen molar-refractivity contribution in [3.63, 3.8) is 0 Å². The van der Waals surface area contributed by atoms with Crippen LogP contribution in [0, 0.1) is 0 Å². The maximum absolute atomic E-state index is 10.9. The molecule has 0 bridgehead atoms. The average Bonchev–Trinajstić information content (AvgIpc) is 2.65. The third-order valence-electron chi connectivity index (χ3n) is 2.71. The maximum atomic E-state index is 10.9. The van der Waals surface area contributed by atoms with Crippen LogP contribution < -0.4 is 16.0 Å². The summed E-state index contributed by atoms with van der Waals surface area (Å²) in [6.07, 6.45) is 4.39. The molecule has 3 N–H and O–H groups in total. The molecule has 1 aromatic rings. The van der Waals surface area contributed by atoms with Gasteiger partial charge in [0.25, 0.3) is 0 Å². The minimum Gasteiger partial charge on any atom is -0.397 e. The molecule has 1 aliphatic heterocycles. The number of aromatic nitrogens is 1. The van der Waals surface area contributed by atoms with Crippen molar-refractivity contribution in [1.29, 1.82) is 0 Å². The molecule has 1 amide bonds. The lowest BCUT2D eigenvalue weighted by Crippen LogP contribution is -2.35. The summed E-state index contributed by atoms with van der Waals surface area (Å²) in [7, 11) is 0. The Balaban J connectivity index is 2.00. The third-order valence-corrected chi connectivity index (χ3v) is 2.71. The quantitative estimate of drug-likeness (QED) is 0.755. The lowest BCUT2D eigenvalue weighted by molar-refractivity contribution is -0.119. The number of carbonyl (C=O) groups is 1. The van der Waals surface area contributed by atoms with Gasteiger partial charge in [0, 0.05) is 32.3 Å². The number of nitrogens with one attached hydrogen (secondary N) is 1. The number of anilines is 2. The van der Waals surface area contributed by atoms with Crippen LogP contribution in [0.1, 0.15) is 13.3 Å². The Bertz CT molecular complexity index is 393. The van der Waals surface area contributed by atoms with Crippen LogP contribution in [0.4, 0.5) is 11.4 Å². The smallest absolute Gasteiger partial charge is 0.217 e. The Morgan fingerprint density at radius 2 is 2.44 bits per heavy atom. The third kappa shape index (κ3) is 2.42. The predicted octanol–water partition coefficient (Wildman–Crippen LogP) is 0.379. The molecule has 1 saturated heterocycles. The number of hydrogen-bond donors (Lipinski definition) is 2. The zero-order valence-corrected chi connectivity index (χ0v) is 9.31. The largest absolute Gasteiger partial charge is 0.397 e. The number of carbonyl (C=O) groups excluding carboxylic acids is 1. The van der Waals surface area contributed by atoms with E-state index in [1.165, 1.54) is 0 Å². The van der Waals surface area contributed by atoms with Gasteiger partial charge in [-0.25, -0.2) is 0 Å². The molecule has 86 valence electrons. The molecule has 1 aliphatic rings. The first-order valence-corrected chi connectivity index (χ1v) is 5.38. The van der Waals surface area contributed by atoms with E-state index in [1.54, 1.807) is 19.3 Å². The summed E-state index contributed by atoms with van der Waals surface area (Å²) < 4.78 is 0. The van der Waals surface area contributed by atoms with Gasteiger partial charge in [0.15, 0.2) is 0 Å². The Labute approximate surface area is 94.6 Å². The van der Waals surface area contributed by atoms with Gasteiger partial charge in [-0.3, -0.25) is 9.78 Å². The van der Waals surface area contributed by atoms with Gasteiger partial charge in [0.05, 0.1) is 17.6 Å². The van der Waals surface area contributed by atoms with Crippen LogP contribution in [0.15, 0.2) is 18.5 Å². The van der Waals surface area contributed by atoms with Crippen molar-refractivity contribution in [2.24, 2.45) is 0 Å². The molecule has 0 radical (unpaired) electrons. The highest BCUT2D eigenvalue weighted by atomic mass is 16.1. The molecule has 5 heteroatoms. The first-order valence-electron chi connectivity index (χ1n) is 5.38. The van der Waals surface area contributed by atoms with Gasteiger partial charge in [0.1, 0.15) is 0 Å². The molecular weight excluding hydrogens is 204 g/mol. The lowest BCUT2D eigenvalue weighted by atomic mass is 10.2. The van der Waals surface area contributed by atoms with Crippen molar-refractivity contribution in [2.75, 3.05) is 23.7 Å². The summed E-state index contributed by atoms with van der Waals surface area (Å²) in [5, 5.41) is 2.92. The van der Waals surface area contributed by atoms with E-state index >= 15 is 0 Å². The van der Waals surface area contributed by atoms with Crippen molar-refractivity contribution in [3.8, 4) is 0 Å². The Morgan fingerprint density at radius 1 is 1.62 bits per heavy atom. The highest BCUT2D eigenvalue weighted by Crippen LogP contribution is 2.20. The summed E-state index contributed by atoms with van der Waals surface area (Å²) in [6, 6.07) is 2.14. The van der Waals surface area contributed by atoms with E-state index in [1.807, 2.05) is 6.07 Å². The van der Waals surface area contributed by atoms with Crippen molar-refractivity contribution in [2.45, 2.75) is 19.4 Å². The number of hydrogen-bond acceptors (Lipinski definition) is 4. The zero-order chi connectivity index (χ0) is 11.5. The number of rotatable bonds is 2. The van der Waals surface area contributed by atoms with E-state index in [4.69, 9.17) is 5.73 Å².